The van der Waals surface area contributed by atoms with Gasteiger partial charge in [-0.1, -0.05) is 6.07 Å². The second-order valence-electron chi connectivity index (χ2n) is 5.86. The van der Waals surface area contributed by atoms with E-state index >= 15 is 0 Å². The number of hydrogen-bond acceptors (Lipinski definition) is 3. The lowest BCUT2D eigenvalue weighted by Crippen LogP contribution is -2.32. The van der Waals surface area contributed by atoms with Gasteiger partial charge in [-0.2, -0.15) is 0 Å². The third-order valence-electron chi connectivity index (χ3n) is 4.35. The predicted molar refractivity (Wildman–Crippen MR) is 75.2 cm³/mol. The van der Waals surface area contributed by atoms with Crippen molar-refractivity contribution in [3.05, 3.63) is 34.9 Å². The van der Waals surface area contributed by atoms with Crippen LogP contribution in [0.2, 0.25) is 0 Å². The Bertz CT molecular complexity index is 492. The average molecular weight is 275 g/mol. The summed E-state index contributed by atoms with van der Waals surface area (Å²) in [5.41, 5.74) is 3.02. The van der Waals surface area contributed by atoms with Gasteiger partial charge in [0.25, 0.3) is 5.91 Å². The maximum atomic E-state index is 12.2. The number of amides is 1. The lowest BCUT2D eigenvalue weighted by atomic mass is 9.87. The lowest BCUT2D eigenvalue weighted by molar-refractivity contribution is 0.0910. The number of nitrogens with one attached hydrogen (secondary N) is 1. The highest BCUT2D eigenvalue weighted by molar-refractivity contribution is 5.94. The van der Waals surface area contributed by atoms with E-state index in [1.54, 1.807) is 0 Å². The second kappa shape index (κ2) is 5.94. The van der Waals surface area contributed by atoms with Crippen LogP contribution in [0, 0.1) is 5.92 Å². The van der Waals surface area contributed by atoms with Crippen LogP contribution in [0.3, 0.4) is 0 Å². The van der Waals surface area contributed by atoms with Crippen molar-refractivity contribution >= 4 is 5.91 Å². The van der Waals surface area contributed by atoms with Crippen molar-refractivity contribution in [2.75, 3.05) is 6.54 Å². The minimum atomic E-state index is -0.140. The van der Waals surface area contributed by atoms with E-state index in [4.69, 9.17) is 4.74 Å². The predicted octanol–water partition coefficient (Wildman–Crippen LogP) is 2.00. The number of benzene rings is 1. The van der Waals surface area contributed by atoms with E-state index in [9.17, 15) is 9.90 Å². The Balaban J connectivity index is 1.54. The molecule has 0 aromatic heterocycles. The molecule has 2 aliphatic rings. The van der Waals surface area contributed by atoms with Crippen LogP contribution in [0.4, 0.5) is 0 Å². The van der Waals surface area contributed by atoms with Gasteiger partial charge in [0, 0.05) is 12.1 Å². The normalized spacial score (nSPS) is 25.2. The highest BCUT2D eigenvalue weighted by Gasteiger charge is 2.20. The maximum Gasteiger partial charge on any atom is 0.251 e. The number of rotatable bonds is 3. The van der Waals surface area contributed by atoms with Gasteiger partial charge in [-0.25, -0.2) is 0 Å². The number of hydrogen-bond donors (Lipinski definition) is 2. The second-order valence-corrected chi connectivity index (χ2v) is 5.86. The molecule has 0 spiro atoms. The molecule has 1 fully saturated rings. The number of aliphatic hydroxyl groups is 1. The summed E-state index contributed by atoms with van der Waals surface area (Å²) < 4.78 is 5.36. The van der Waals surface area contributed by atoms with Crippen LogP contribution in [0.15, 0.2) is 18.2 Å². The van der Waals surface area contributed by atoms with Crippen molar-refractivity contribution < 1.29 is 14.6 Å². The summed E-state index contributed by atoms with van der Waals surface area (Å²) in [6.45, 7) is 1.97. The Labute approximate surface area is 119 Å². The van der Waals surface area contributed by atoms with Crippen molar-refractivity contribution in [3.8, 4) is 0 Å². The molecule has 0 atom stereocenters. The summed E-state index contributed by atoms with van der Waals surface area (Å²) in [5.74, 6) is 0.492. The summed E-state index contributed by atoms with van der Waals surface area (Å²) in [7, 11) is 0. The third-order valence-corrected chi connectivity index (χ3v) is 4.35. The van der Waals surface area contributed by atoms with Gasteiger partial charge in [0.2, 0.25) is 0 Å². The van der Waals surface area contributed by atoms with E-state index in [2.05, 4.69) is 5.32 Å². The van der Waals surface area contributed by atoms with Gasteiger partial charge >= 0.3 is 0 Å². The van der Waals surface area contributed by atoms with Crippen LogP contribution in [0.1, 0.15) is 47.2 Å². The Morgan fingerprint density at radius 3 is 2.75 bits per heavy atom. The molecule has 108 valence electrons. The zero-order valence-electron chi connectivity index (χ0n) is 11.6. The van der Waals surface area contributed by atoms with Gasteiger partial charge in [-0.3, -0.25) is 4.79 Å². The molecule has 0 unspecified atom stereocenters. The summed E-state index contributed by atoms with van der Waals surface area (Å²) in [4.78, 5) is 12.2. The molecule has 1 aliphatic carbocycles. The minimum Gasteiger partial charge on any atom is -0.393 e. The van der Waals surface area contributed by atoms with Crippen molar-refractivity contribution in [3.63, 3.8) is 0 Å². The van der Waals surface area contributed by atoms with E-state index in [1.807, 2.05) is 18.2 Å². The molecule has 2 N–H and O–H groups in total. The highest BCUT2D eigenvalue weighted by Crippen LogP contribution is 2.24. The Morgan fingerprint density at radius 2 is 1.95 bits per heavy atom. The Hall–Kier alpha value is -1.39. The van der Waals surface area contributed by atoms with Crippen LogP contribution in [0.25, 0.3) is 0 Å². The molecule has 1 heterocycles. The van der Waals surface area contributed by atoms with Crippen LogP contribution < -0.4 is 5.32 Å². The number of ether oxygens (including phenoxy) is 1. The minimum absolute atomic E-state index is 0.00850. The van der Waals surface area contributed by atoms with Crippen molar-refractivity contribution in [2.45, 2.75) is 45.0 Å². The van der Waals surface area contributed by atoms with Crippen LogP contribution in [0.5, 0.6) is 0 Å². The lowest BCUT2D eigenvalue weighted by Gasteiger charge is -2.25. The molecule has 3 rings (SSSR count). The van der Waals surface area contributed by atoms with Gasteiger partial charge < -0.3 is 15.2 Å². The van der Waals surface area contributed by atoms with Gasteiger partial charge in [-0.15, -0.1) is 0 Å². The van der Waals surface area contributed by atoms with Gasteiger partial charge in [0.1, 0.15) is 0 Å². The molecular formula is C16H21NO3. The Morgan fingerprint density at radius 1 is 1.20 bits per heavy atom. The van der Waals surface area contributed by atoms with E-state index in [0.717, 1.165) is 31.2 Å². The fourth-order valence-corrected chi connectivity index (χ4v) is 3.00. The monoisotopic (exact) mass is 275 g/mol. The number of aliphatic hydroxyl groups excluding tert-OH is 1. The fraction of sp³-hybridized carbons (Fsp3) is 0.562. The zero-order valence-corrected chi connectivity index (χ0v) is 11.6. The molecule has 0 bridgehead atoms. The molecule has 1 aromatic carbocycles. The number of fused-ring (bicyclic) bond motifs is 1. The Kier molecular flexibility index (Phi) is 4.03. The van der Waals surface area contributed by atoms with E-state index in [0.29, 0.717) is 31.2 Å². The molecule has 0 saturated heterocycles. The highest BCUT2D eigenvalue weighted by atomic mass is 16.5. The van der Waals surface area contributed by atoms with Crippen LogP contribution in [-0.2, 0) is 18.0 Å². The summed E-state index contributed by atoms with van der Waals surface area (Å²) in [6, 6.07) is 5.78. The van der Waals surface area contributed by atoms with E-state index < -0.39 is 0 Å². The molecule has 4 heteroatoms. The number of carbonyl (C=O) groups is 1. The van der Waals surface area contributed by atoms with Crippen LogP contribution >= 0.6 is 0 Å². The van der Waals surface area contributed by atoms with Gasteiger partial charge in [0.05, 0.1) is 19.3 Å². The SMILES string of the molecule is O=C(NCC1CCC(O)CC1)c1ccc2c(c1)COC2. The van der Waals surface area contributed by atoms with Crippen molar-refractivity contribution in [1.29, 1.82) is 0 Å². The van der Waals surface area contributed by atoms with E-state index in [1.165, 1.54) is 5.56 Å². The molecule has 20 heavy (non-hydrogen) atoms. The smallest absolute Gasteiger partial charge is 0.251 e. The van der Waals surface area contributed by atoms with Crippen molar-refractivity contribution in [1.82, 2.24) is 5.32 Å². The van der Waals surface area contributed by atoms with Crippen LogP contribution in [-0.4, -0.2) is 23.7 Å². The molecule has 1 aliphatic heterocycles. The molecule has 0 radical (unpaired) electrons. The third kappa shape index (κ3) is 3.02. The fourth-order valence-electron chi connectivity index (χ4n) is 3.00. The topological polar surface area (TPSA) is 58.6 Å². The summed E-state index contributed by atoms with van der Waals surface area (Å²) in [5, 5.41) is 12.5. The summed E-state index contributed by atoms with van der Waals surface area (Å²) >= 11 is 0. The summed E-state index contributed by atoms with van der Waals surface area (Å²) in [6.07, 6.45) is 3.57. The zero-order chi connectivity index (χ0) is 13.9. The molecule has 1 saturated carbocycles. The molecular weight excluding hydrogens is 254 g/mol. The van der Waals surface area contributed by atoms with Gasteiger partial charge in [0.15, 0.2) is 0 Å². The first-order chi connectivity index (χ1) is 9.72. The quantitative estimate of drug-likeness (QED) is 0.887. The standard InChI is InChI=1S/C16H21NO3/c18-15-5-1-11(2-6-15)8-17-16(19)12-3-4-13-9-20-10-14(13)7-12/h3-4,7,11,15,18H,1-2,5-6,8-10H2,(H,17,19). The van der Waals surface area contributed by atoms with Crippen molar-refractivity contribution in [2.24, 2.45) is 5.92 Å². The molecule has 4 nitrogen and oxygen atoms in total. The first kappa shape index (κ1) is 13.6. The first-order valence-corrected chi connectivity index (χ1v) is 7.38. The first-order valence-electron chi connectivity index (χ1n) is 7.38. The van der Waals surface area contributed by atoms with Gasteiger partial charge in [-0.05, 0) is 54.9 Å². The number of carbonyl (C=O) groups excluding carboxylic acids is 1. The molecule has 1 amide bonds. The average Bonchev–Trinajstić information content (AvgIpc) is 2.93. The molecule has 1 aromatic rings. The maximum absolute atomic E-state index is 12.2. The largest absolute Gasteiger partial charge is 0.393 e. The van der Waals surface area contributed by atoms with E-state index in [-0.39, 0.29) is 12.0 Å².